The highest BCUT2D eigenvalue weighted by Crippen LogP contribution is 2.52. The van der Waals surface area contributed by atoms with Crippen LogP contribution in [0.5, 0.6) is 0 Å². The molecule has 16 heteroatoms. The number of nitrogens with zero attached hydrogens (tertiary/aromatic N) is 2. The van der Waals surface area contributed by atoms with E-state index in [0.29, 0.717) is 23.5 Å². The van der Waals surface area contributed by atoms with E-state index < -0.39 is 45.8 Å². The molecule has 0 spiro atoms. The zero-order chi connectivity index (χ0) is 21.4. The lowest BCUT2D eigenvalue weighted by Gasteiger charge is -2.35. The summed E-state index contributed by atoms with van der Waals surface area (Å²) < 4.78 is 110. The molecule has 0 radical (unpaired) electrons. The van der Waals surface area contributed by atoms with E-state index in [1.807, 2.05) is 0 Å². The number of thioether (sulfide) groups is 2. The molecule has 2 N–H and O–H groups in total. The molecule has 2 rings (SSSR count). The maximum Gasteiger partial charge on any atom is 0.393 e. The van der Waals surface area contributed by atoms with Gasteiger partial charge in [-0.1, -0.05) is 23.5 Å². The van der Waals surface area contributed by atoms with Crippen LogP contribution in [0.2, 0.25) is 0 Å². The zero-order valence-electron chi connectivity index (χ0n) is 13.4. The number of nitrogens with one attached hydrogen (secondary N) is 2. The van der Waals surface area contributed by atoms with Crippen LogP contribution in [0, 0.1) is 0 Å². The molecule has 0 fully saturated rings. The quantitative estimate of drug-likeness (QED) is 0.618. The number of carbonyl (C=O) groups excluding carboxylic acids is 2. The average molecular weight is 458 g/mol. The highest BCUT2D eigenvalue weighted by molar-refractivity contribution is 8.14. The number of amidine groups is 2. The first-order valence-corrected chi connectivity index (χ1v) is 9.21. The summed E-state index contributed by atoms with van der Waals surface area (Å²) in [7, 11) is 0. The first kappa shape index (κ1) is 22.7. The lowest BCUT2D eigenvalue weighted by atomic mass is 9.97. The Morgan fingerprint density at radius 3 is 1.29 bits per heavy atom. The Morgan fingerprint density at radius 2 is 1.04 bits per heavy atom. The highest BCUT2D eigenvalue weighted by atomic mass is 32.2. The Hall–Kier alpha value is -1.58. The maximum atomic E-state index is 13.8. The van der Waals surface area contributed by atoms with Gasteiger partial charge in [0, 0.05) is 11.5 Å². The van der Waals surface area contributed by atoms with Crippen LogP contribution >= 0.6 is 23.5 Å². The Labute approximate surface area is 160 Å². The molecule has 6 nitrogen and oxygen atoms in total. The zero-order valence-corrected chi connectivity index (χ0v) is 15.0. The fraction of sp³-hybridized carbons (Fsp3) is 0.667. The van der Waals surface area contributed by atoms with Gasteiger partial charge in [0.05, 0.1) is 13.1 Å². The topological polar surface area (TPSA) is 82.9 Å². The van der Waals surface area contributed by atoms with Crippen molar-refractivity contribution in [3.8, 4) is 0 Å². The fourth-order valence-corrected chi connectivity index (χ4v) is 3.30. The van der Waals surface area contributed by atoms with Gasteiger partial charge in [0.15, 0.2) is 10.3 Å². The number of halogens is 8. The molecule has 0 aliphatic carbocycles. The third kappa shape index (κ3) is 3.79. The van der Waals surface area contributed by atoms with Crippen LogP contribution in [-0.2, 0) is 9.59 Å². The van der Waals surface area contributed by atoms with Crippen molar-refractivity contribution in [2.24, 2.45) is 9.98 Å². The largest absolute Gasteiger partial charge is 0.393 e. The minimum Gasteiger partial charge on any atom is -0.300 e. The number of hydrogen-bond acceptors (Lipinski definition) is 6. The van der Waals surface area contributed by atoms with Crippen LogP contribution in [0.3, 0.4) is 0 Å². The van der Waals surface area contributed by atoms with E-state index >= 15 is 0 Å². The van der Waals surface area contributed by atoms with Crippen LogP contribution in [-0.4, -0.2) is 70.4 Å². The van der Waals surface area contributed by atoms with Crippen molar-refractivity contribution in [2.45, 2.75) is 23.7 Å². The molecule has 0 atom stereocenters. The number of carbonyl (C=O) groups is 2. The SMILES string of the molecule is O=C(NC1=NCCS1)C(F)(F)C(F)(F)C(F)(F)C(F)(F)C(=O)NC1=NCCS1. The summed E-state index contributed by atoms with van der Waals surface area (Å²) in [6.45, 7) is 0.0804. The van der Waals surface area contributed by atoms with E-state index in [9.17, 15) is 44.7 Å². The molecule has 0 aromatic carbocycles. The minimum absolute atomic E-state index is 0.0402. The molecular weight excluding hydrogens is 448 g/mol. The van der Waals surface area contributed by atoms with E-state index in [-0.39, 0.29) is 24.6 Å². The molecule has 0 aromatic heterocycles. The summed E-state index contributed by atoms with van der Waals surface area (Å²) >= 11 is 1.32. The molecule has 158 valence electrons. The van der Waals surface area contributed by atoms with E-state index in [1.165, 1.54) is 10.6 Å². The molecule has 0 aromatic rings. The lowest BCUT2D eigenvalue weighted by molar-refractivity contribution is -0.347. The van der Waals surface area contributed by atoms with Crippen molar-refractivity contribution in [3.63, 3.8) is 0 Å². The van der Waals surface area contributed by atoms with Gasteiger partial charge in [-0.3, -0.25) is 30.2 Å². The van der Waals surface area contributed by atoms with Crippen molar-refractivity contribution in [1.82, 2.24) is 10.6 Å². The van der Waals surface area contributed by atoms with Gasteiger partial charge in [0.25, 0.3) is 0 Å². The number of hydrogen-bond donors (Lipinski definition) is 2. The second kappa shape index (κ2) is 7.68. The summed E-state index contributed by atoms with van der Waals surface area (Å²) in [6.07, 6.45) is 0. The first-order chi connectivity index (χ1) is 12.7. The number of alkyl halides is 8. The molecule has 2 amide bonds. The third-order valence-electron chi connectivity index (χ3n) is 3.37. The summed E-state index contributed by atoms with van der Waals surface area (Å²) in [5, 5.41) is 1.26. The summed E-state index contributed by atoms with van der Waals surface area (Å²) in [5.74, 6) is -31.9. The first-order valence-electron chi connectivity index (χ1n) is 7.24. The van der Waals surface area contributed by atoms with E-state index in [2.05, 4.69) is 9.98 Å². The van der Waals surface area contributed by atoms with Gasteiger partial charge in [-0.2, -0.15) is 35.1 Å². The predicted octanol–water partition coefficient (Wildman–Crippen LogP) is 1.97. The molecule has 0 saturated carbocycles. The van der Waals surface area contributed by atoms with E-state index in [1.54, 1.807) is 0 Å². The van der Waals surface area contributed by atoms with Gasteiger partial charge in [0.1, 0.15) is 0 Å². The standard InChI is InChI=1S/C12H10F8N4O2S2/c13-9(14,5(25)23-7-21-1-3-27-7)11(17,18)12(19,20)10(15,16)6(26)24-8-22-2-4-28-8/h1-4H2,(H,21,23,25)(H,22,24,26). The van der Waals surface area contributed by atoms with Crippen LogP contribution < -0.4 is 10.6 Å². The van der Waals surface area contributed by atoms with Crippen molar-refractivity contribution in [2.75, 3.05) is 24.6 Å². The Kier molecular flexibility index (Phi) is 6.23. The molecule has 28 heavy (non-hydrogen) atoms. The summed E-state index contributed by atoms with van der Waals surface area (Å²) in [6, 6.07) is 0. The van der Waals surface area contributed by atoms with Crippen LogP contribution in [0.15, 0.2) is 9.98 Å². The number of rotatable bonds is 5. The van der Waals surface area contributed by atoms with Gasteiger partial charge in [-0.05, 0) is 0 Å². The molecule has 2 aliphatic heterocycles. The van der Waals surface area contributed by atoms with Gasteiger partial charge in [-0.25, -0.2) is 0 Å². The van der Waals surface area contributed by atoms with Crippen LogP contribution in [0.4, 0.5) is 35.1 Å². The summed E-state index contributed by atoms with van der Waals surface area (Å²) in [4.78, 5) is 29.6. The summed E-state index contributed by atoms with van der Waals surface area (Å²) in [5.41, 5.74) is 0. The monoisotopic (exact) mass is 458 g/mol. The molecular formula is C12H10F8N4O2S2. The van der Waals surface area contributed by atoms with E-state index in [0.717, 1.165) is 0 Å². The Bertz CT molecular complexity index is 668. The van der Waals surface area contributed by atoms with Crippen molar-refractivity contribution in [1.29, 1.82) is 0 Å². The van der Waals surface area contributed by atoms with Crippen molar-refractivity contribution >= 4 is 45.7 Å². The second-order valence-electron chi connectivity index (χ2n) is 5.28. The normalized spacial score (nSPS) is 18.6. The number of aliphatic imine (C=N–C) groups is 2. The van der Waals surface area contributed by atoms with Crippen LogP contribution in [0.25, 0.3) is 0 Å². The van der Waals surface area contributed by atoms with Crippen LogP contribution in [0.1, 0.15) is 0 Å². The van der Waals surface area contributed by atoms with Crippen molar-refractivity contribution < 1.29 is 44.7 Å². The fourth-order valence-electron chi connectivity index (χ4n) is 1.85. The minimum atomic E-state index is -6.92. The Morgan fingerprint density at radius 1 is 0.714 bits per heavy atom. The van der Waals surface area contributed by atoms with Crippen molar-refractivity contribution in [3.05, 3.63) is 0 Å². The molecule has 0 unspecified atom stereocenters. The predicted molar refractivity (Wildman–Crippen MR) is 85.6 cm³/mol. The molecule has 2 heterocycles. The average Bonchev–Trinajstić information content (AvgIpc) is 3.28. The van der Waals surface area contributed by atoms with Gasteiger partial charge in [0.2, 0.25) is 0 Å². The molecule has 2 aliphatic rings. The van der Waals surface area contributed by atoms with E-state index in [4.69, 9.17) is 0 Å². The van der Waals surface area contributed by atoms with Gasteiger partial charge in [-0.15, -0.1) is 0 Å². The second-order valence-corrected chi connectivity index (χ2v) is 7.44. The number of amides is 2. The Balaban J connectivity index is 2.25. The smallest absolute Gasteiger partial charge is 0.300 e. The molecule has 0 bridgehead atoms. The van der Waals surface area contributed by atoms with Gasteiger partial charge < -0.3 is 0 Å². The molecule has 0 saturated heterocycles. The third-order valence-corrected chi connectivity index (χ3v) is 5.15. The van der Waals surface area contributed by atoms with Gasteiger partial charge >= 0.3 is 35.5 Å². The highest BCUT2D eigenvalue weighted by Gasteiger charge is 2.84. The lowest BCUT2D eigenvalue weighted by Crippen LogP contribution is -2.69. The maximum absolute atomic E-state index is 13.8.